The summed E-state index contributed by atoms with van der Waals surface area (Å²) in [5, 5.41) is 95.2. The molecule has 0 aliphatic carbocycles. The maximum Gasteiger partial charge on any atom is 0.0632 e. The van der Waals surface area contributed by atoms with Crippen LogP contribution in [0.25, 0.3) is 0 Å². The van der Waals surface area contributed by atoms with Gasteiger partial charge in [0.15, 0.2) is 0 Å². The van der Waals surface area contributed by atoms with Gasteiger partial charge >= 0.3 is 0 Å². The van der Waals surface area contributed by atoms with Crippen molar-refractivity contribution in [3.05, 3.63) is 0 Å². The third kappa shape index (κ3) is 9.57. The molecule has 0 amide bonds. The van der Waals surface area contributed by atoms with E-state index in [2.05, 4.69) is 0 Å². The lowest BCUT2D eigenvalue weighted by atomic mass is 9.89. The van der Waals surface area contributed by atoms with Crippen molar-refractivity contribution < 1.29 is 65.3 Å². The molecule has 0 aromatic heterocycles. The van der Waals surface area contributed by atoms with Crippen LogP contribution < -0.4 is 0 Å². The lowest BCUT2D eigenvalue weighted by Gasteiger charge is -2.35. The van der Waals surface area contributed by atoms with Crippen LogP contribution in [-0.4, -0.2) is 157 Å². The molecule has 0 unspecified atom stereocenters. The summed E-state index contributed by atoms with van der Waals surface area (Å²) in [6, 6.07) is 0. The molecule has 0 aliphatic heterocycles. The maximum absolute atomic E-state index is 9.77. The van der Waals surface area contributed by atoms with E-state index in [1.54, 1.807) is 0 Å². The SMILES string of the molecule is OCC(CO)(CO)COCC(CO)(CO)COCC(CO)(CO)COCC(CO)(CO)CO. The topological polar surface area (TPSA) is 230 Å². The Morgan fingerprint density at radius 2 is 0.424 bits per heavy atom. The van der Waals surface area contributed by atoms with E-state index in [0.29, 0.717) is 0 Å². The molecule has 0 rings (SSSR count). The Kier molecular flexibility index (Phi) is 16.0. The number of ether oxygens (including phenoxy) is 3. The van der Waals surface area contributed by atoms with Crippen LogP contribution in [0.15, 0.2) is 0 Å². The molecule has 0 aromatic rings. The minimum Gasteiger partial charge on any atom is -0.396 e. The van der Waals surface area contributed by atoms with Crippen LogP contribution in [-0.2, 0) is 14.2 Å². The van der Waals surface area contributed by atoms with Gasteiger partial charge in [-0.3, -0.25) is 0 Å². The summed E-state index contributed by atoms with van der Waals surface area (Å²) in [6.45, 7) is -6.93. The second kappa shape index (κ2) is 16.2. The number of aliphatic hydroxyl groups is 10. The molecule has 13 heteroatoms. The summed E-state index contributed by atoms with van der Waals surface area (Å²) in [4.78, 5) is 0. The molecular formula is C20H42O13. The first-order chi connectivity index (χ1) is 15.7. The number of hydrogen-bond acceptors (Lipinski definition) is 13. The van der Waals surface area contributed by atoms with E-state index in [-0.39, 0.29) is 39.6 Å². The highest BCUT2D eigenvalue weighted by Crippen LogP contribution is 2.24. The normalized spacial score (nSPS) is 13.6. The van der Waals surface area contributed by atoms with Gasteiger partial charge in [0.05, 0.1) is 127 Å². The highest BCUT2D eigenvalue weighted by atomic mass is 16.5. The van der Waals surface area contributed by atoms with Gasteiger partial charge in [0.2, 0.25) is 0 Å². The molecule has 10 N–H and O–H groups in total. The largest absolute Gasteiger partial charge is 0.396 e. The van der Waals surface area contributed by atoms with E-state index in [1.807, 2.05) is 0 Å². The van der Waals surface area contributed by atoms with Crippen LogP contribution in [0.3, 0.4) is 0 Å². The monoisotopic (exact) mass is 490 g/mol. The molecule has 200 valence electrons. The van der Waals surface area contributed by atoms with Crippen molar-refractivity contribution in [2.75, 3.05) is 106 Å². The molecule has 0 spiro atoms. The summed E-state index contributed by atoms with van der Waals surface area (Å²) in [5.74, 6) is 0. The van der Waals surface area contributed by atoms with Crippen LogP contribution in [0, 0.1) is 21.7 Å². The van der Waals surface area contributed by atoms with Crippen LogP contribution in [0.4, 0.5) is 0 Å². The van der Waals surface area contributed by atoms with Gasteiger partial charge in [-0.25, -0.2) is 0 Å². The van der Waals surface area contributed by atoms with Crippen molar-refractivity contribution >= 4 is 0 Å². The highest BCUT2D eigenvalue weighted by Gasteiger charge is 2.37. The number of hydrogen-bond donors (Lipinski definition) is 10. The molecule has 0 radical (unpaired) electrons. The predicted molar refractivity (Wildman–Crippen MR) is 113 cm³/mol. The fourth-order valence-corrected chi connectivity index (χ4v) is 2.57. The summed E-state index contributed by atoms with van der Waals surface area (Å²) in [6.07, 6.45) is 0. The van der Waals surface area contributed by atoms with Gasteiger partial charge in [0.1, 0.15) is 0 Å². The average molecular weight is 491 g/mol. The Hall–Kier alpha value is -0.520. The van der Waals surface area contributed by atoms with Crippen LogP contribution in [0.2, 0.25) is 0 Å². The average Bonchev–Trinajstić information content (AvgIpc) is 2.88. The van der Waals surface area contributed by atoms with Crippen molar-refractivity contribution in [1.82, 2.24) is 0 Å². The predicted octanol–water partition coefficient (Wildman–Crippen LogP) is -5.10. The fourth-order valence-electron chi connectivity index (χ4n) is 2.57. The molecule has 0 atom stereocenters. The molecule has 0 aliphatic rings. The third-order valence-corrected chi connectivity index (χ3v) is 5.80. The zero-order valence-corrected chi connectivity index (χ0v) is 19.0. The van der Waals surface area contributed by atoms with E-state index in [1.165, 1.54) is 0 Å². The minimum atomic E-state index is -1.29. The second-order valence-electron chi connectivity index (χ2n) is 9.06. The molecule has 0 aromatic carbocycles. The van der Waals surface area contributed by atoms with E-state index in [9.17, 15) is 51.1 Å². The van der Waals surface area contributed by atoms with Crippen molar-refractivity contribution in [2.24, 2.45) is 21.7 Å². The van der Waals surface area contributed by atoms with Crippen molar-refractivity contribution in [1.29, 1.82) is 0 Å². The zero-order valence-electron chi connectivity index (χ0n) is 19.0. The van der Waals surface area contributed by atoms with E-state index >= 15 is 0 Å². The first-order valence-electron chi connectivity index (χ1n) is 10.6. The Labute approximate surface area is 193 Å². The Bertz CT molecular complexity index is 416. The molecule has 33 heavy (non-hydrogen) atoms. The van der Waals surface area contributed by atoms with Gasteiger partial charge < -0.3 is 65.3 Å². The standard InChI is InChI=1S/C20H42O13/c21-1-17(2-22,3-23)11-31-13-19(7-27,8-28)15-33-16-20(9-29,10-30)14-32-12-18(4-24,5-25)6-26/h21-30H,1-16H2. The lowest BCUT2D eigenvalue weighted by molar-refractivity contribution is -0.138. The van der Waals surface area contributed by atoms with Gasteiger partial charge in [0.25, 0.3) is 0 Å². The molecule has 13 nitrogen and oxygen atoms in total. The maximum atomic E-state index is 9.77. The van der Waals surface area contributed by atoms with Crippen molar-refractivity contribution in [3.63, 3.8) is 0 Å². The Balaban J connectivity index is 4.96. The fraction of sp³-hybridized carbons (Fsp3) is 1.00. The minimum absolute atomic E-state index is 0.241. The number of aliphatic hydroxyl groups excluding tert-OH is 10. The van der Waals surface area contributed by atoms with Gasteiger partial charge in [-0.1, -0.05) is 0 Å². The Morgan fingerprint density at radius 1 is 0.273 bits per heavy atom. The molecular weight excluding hydrogens is 448 g/mol. The van der Waals surface area contributed by atoms with E-state index in [4.69, 9.17) is 14.2 Å². The summed E-state index contributed by atoms with van der Waals surface area (Å²) in [5.41, 5.74) is -5.15. The third-order valence-electron chi connectivity index (χ3n) is 5.80. The quantitative estimate of drug-likeness (QED) is 0.0685. The molecule has 0 bridgehead atoms. The van der Waals surface area contributed by atoms with Crippen molar-refractivity contribution in [3.8, 4) is 0 Å². The van der Waals surface area contributed by atoms with Gasteiger partial charge in [-0.2, -0.15) is 0 Å². The number of rotatable bonds is 22. The van der Waals surface area contributed by atoms with Crippen LogP contribution >= 0.6 is 0 Å². The molecule has 0 fully saturated rings. The second-order valence-corrected chi connectivity index (χ2v) is 9.06. The molecule has 0 saturated heterocycles. The summed E-state index contributed by atoms with van der Waals surface area (Å²) < 4.78 is 16.4. The van der Waals surface area contributed by atoms with Crippen LogP contribution in [0.5, 0.6) is 0 Å². The van der Waals surface area contributed by atoms with Gasteiger partial charge in [-0.05, 0) is 0 Å². The summed E-state index contributed by atoms with van der Waals surface area (Å²) >= 11 is 0. The van der Waals surface area contributed by atoms with Crippen molar-refractivity contribution in [2.45, 2.75) is 0 Å². The van der Waals surface area contributed by atoms with Crippen LogP contribution in [0.1, 0.15) is 0 Å². The first-order valence-corrected chi connectivity index (χ1v) is 10.6. The van der Waals surface area contributed by atoms with E-state index in [0.717, 1.165) is 0 Å². The molecule has 0 saturated carbocycles. The highest BCUT2D eigenvalue weighted by molar-refractivity contribution is 4.83. The van der Waals surface area contributed by atoms with Gasteiger partial charge in [-0.15, -0.1) is 0 Å². The first kappa shape index (κ1) is 32.5. The van der Waals surface area contributed by atoms with E-state index < -0.39 is 87.7 Å². The zero-order chi connectivity index (χ0) is 25.4. The Morgan fingerprint density at radius 3 is 0.576 bits per heavy atom. The molecule has 0 heterocycles. The lowest BCUT2D eigenvalue weighted by Crippen LogP contribution is -2.46. The van der Waals surface area contributed by atoms with Gasteiger partial charge in [0, 0.05) is 0 Å². The summed E-state index contributed by atoms with van der Waals surface area (Å²) in [7, 11) is 0. The smallest absolute Gasteiger partial charge is 0.0632 e.